The lowest BCUT2D eigenvalue weighted by Crippen LogP contribution is -2.42. The highest BCUT2D eigenvalue weighted by atomic mass is 127. The predicted octanol–water partition coefficient (Wildman–Crippen LogP) is -0.463. The van der Waals surface area contributed by atoms with Crippen molar-refractivity contribution in [2.75, 3.05) is 4.43 Å². The average Bonchev–Trinajstić information content (AvgIpc) is 2.69. The highest BCUT2D eigenvalue weighted by Crippen LogP contribution is 2.39. The first-order chi connectivity index (χ1) is 9.86. The number of azide groups is 1. The average molecular weight is 409 g/mol. The van der Waals surface area contributed by atoms with E-state index in [0.29, 0.717) is 0 Å². The van der Waals surface area contributed by atoms with Gasteiger partial charge in [-0.05, 0) is 12.5 Å². The van der Waals surface area contributed by atoms with Crippen molar-refractivity contribution < 1.29 is 14.9 Å². The van der Waals surface area contributed by atoms with Crippen molar-refractivity contribution in [2.24, 2.45) is 5.11 Å². The normalized spacial score (nSPS) is 31.9. The smallest absolute Gasteiger partial charge is 0.330 e. The largest absolute Gasteiger partial charge is 0.387 e. The number of halogens is 1. The van der Waals surface area contributed by atoms with Gasteiger partial charge in [-0.15, -0.1) is 0 Å². The maximum absolute atomic E-state index is 11.8. The molecule has 10 nitrogen and oxygen atoms in total. The van der Waals surface area contributed by atoms with Crippen molar-refractivity contribution in [1.82, 2.24) is 9.55 Å². The molecule has 0 amide bonds. The molecule has 0 aromatic carbocycles. The van der Waals surface area contributed by atoms with E-state index in [1.54, 1.807) is 0 Å². The second kappa shape index (κ2) is 5.77. The number of aliphatic hydroxyl groups excluding tert-OH is 2. The fourth-order valence-corrected chi connectivity index (χ4v) is 2.85. The summed E-state index contributed by atoms with van der Waals surface area (Å²) in [5.74, 6) is 0. The third-order valence-electron chi connectivity index (χ3n) is 3.23. The van der Waals surface area contributed by atoms with Crippen molar-refractivity contribution >= 4 is 22.6 Å². The van der Waals surface area contributed by atoms with E-state index in [9.17, 15) is 19.8 Å². The third-order valence-corrected chi connectivity index (χ3v) is 4.32. The van der Waals surface area contributed by atoms with Gasteiger partial charge < -0.3 is 14.9 Å². The minimum Gasteiger partial charge on any atom is -0.387 e. The molecule has 114 valence electrons. The van der Waals surface area contributed by atoms with E-state index in [1.165, 1.54) is 13.1 Å². The molecule has 2 rings (SSSR count). The van der Waals surface area contributed by atoms with Gasteiger partial charge in [-0.2, -0.15) is 0 Å². The first-order valence-electron chi connectivity index (χ1n) is 5.84. The van der Waals surface area contributed by atoms with E-state index in [4.69, 9.17) is 10.3 Å². The van der Waals surface area contributed by atoms with Crippen molar-refractivity contribution in [3.8, 4) is 0 Å². The lowest BCUT2D eigenvalue weighted by molar-refractivity contribution is -0.0854. The van der Waals surface area contributed by atoms with Crippen molar-refractivity contribution in [3.63, 3.8) is 0 Å². The number of ether oxygens (including phenoxy) is 1. The third kappa shape index (κ3) is 2.58. The van der Waals surface area contributed by atoms with Crippen LogP contribution in [-0.2, 0) is 4.74 Å². The molecule has 4 atom stereocenters. The first kappa shape index (κ1) is 16.0. The zero-order valence-corrected chi connectivity index (χ0v) is 13.0. The Hall–Kier alpha value is -1.40. The highest BCUT2D eigenvalue weighted by Gasteiger charge is 2.54. The number of aromatic nitrogens is 2. The van der Waals surface area contributed by atoms with Crippen LogP contribution in [0.15, 0.2) is 20.9 Å². The number of aromatic amines is 1. The van der Waals surface area contributed by atoms with Crippen LogP contribution in [0.2, 0.25) is 0 Å². The molecule has 1 saturated heterocycles. The molecule has 3 N–H and O–H groups in total. The molecule has 1 aliphatic heterocycles. The molecule has 1 aliphatic rings. The molecule has 21 heavy (non-hydrogen) atoms. The van der Waals surface area contributed by atoms with E-state index in [1.807, 2.05) is 22.6 Å². The minimum absolute atomic E-state index is 0.0701. The number of alkyl halides is 1. The van der Waals surface area contributed by atoms with Crippen LogP contribution in [0.1, 0.15) is 11.8 Å². The molecule has 11 heteroatoms. The molecule has 1 aromatic rings. The van der Waals surface area contributed by atoms with Crippen molar-refractivity contribution in [2.45, 2.75) is 31.1 Å². The fraction of sp³-hybridized carbons (Fsp3) is 0.600. The van der Waals surface area contributed by atoms with E-state index < -0.39 is 35.4 Å². The van der Waals surface area contributed by atoms with E-state index in [-0.39, 0.29) is 9.99 Å². The van der Waals surface area contributed by atoms with Crippen LogP contribution in [0.25, 0.3) is 10.4 Å². The molecular weight excluding hydrogens is 397 g/mol. The van der Waals surface area contributed by atoms with Gasteiger partial charge in [0.1, 0.15) is 12.2 Å². The first-order valence-corrected chi connectivity index (χ1v) is 7.37. The lowest BCUT2D eigenvalue weighted by atomic mass is 10.1. The number of nitrogens with zero attached hydrogens (tertiary/aromatic N) is 4. The summed E-state index contributed by atoms with van der Waals surface area (Å²) >= 11 is 1.83. The van der Waals surface area contributed by atoms with Gasteiger partial charge in [0.15, 0.2) is 12.0 Å². The van der Waals surface area contributed by atoms with E-state index >= 15 is 0 Å². The summed E-state index contributed by atoms with van der Waals surface area (Å²) in [5.41, 5.74) is 5.78. The molecule has 0 spiro atoms. The fourth-order valence-electron chi connectivity index (χ4n) is 2.06. The lowest BCUT2D eigenvalue weighted by Gasteiger charge is -2.23. The van der Waals surface area contributed by atoms with Crippen LogP contribution in [0, 0.1) is 6.92 Å². The summed E-state index contributed by atoms with van der Waals surface area (Å²) in [4.78, 5) is 27.8. The van der Waals surface area contributed by atoms with Gasteiger partial charge in [-0.1, -0.05) is 27.7 Å². The SMILES string of the molecule is Cc1cn([C@@H]2O[C@@](CI)(N=[N+]=[N-])[C@@H](O)[C@H]2O)c(=O)[nH]c1=O. The molecule has 1 fully saturated rings. The Kier molecular flexibility index (Phi) is 4.39. The quantitative estimate of drug-likeness (QED) is 0.203. The number of hydrogen-bond donors (Lipinski definition) is 3. The molecule has 1 aromatic heterocycles. The summed E-state index contributed by atoms with van der Waals surface area (Å²) in [6.45, 7) is 1.48. The van der Waals surface area contributed by atoms with Gasteiger partial charge in [0.05, 0.1) is 0 Å². The monoisotopic (exact) mass is 409 g/mol. The second-order valence-electron chi connectivity index (χ2n) is 4.59. The van der Waals surface area contributed by atoms with E-state index in [0.717, 1.165) is 4.57 Å². The zero-order chi connectivity index (χ0) is 15.8. The van der Waals surface area contributed by atoms with Gasteiger partial charge in [-0.25, -0.2) is 4.79 Å². The Morgan fingerprint density at radius 2 is 2.29 bits per heavy atom. The maximum Gasteiger partial charge on any atom is 0.330 e. The molecule has 0 radical (unpaired) electrons. The van der Waals surface area contributed by atoms with Crippen molar-refractivity contribution in [3.05, 3.63) is 43.0 Å². The second-order valence-corrected chi connectivity index (χ2v) is 5.35. The Balaban J connectivity index is 2.52. The van der Waals surface area contributed by atoms with Gasteiger partial charge in [-0.3, -0.25) is 14.3 Å². The Labute approximate surface area is 131 Å². The number of hydrogen-bond acceptors (Lipinski definition) is 6. The van der Waals surface area contributed by atoms with Gasteiger partial charge >= 0.3 is 5.69 Å². The van der Waals surface area contributed by atoms with Crippen LogP contribution >= 0.6 is 22.6 Å². The molecule has 0 unspecified atom stereocenters. The van der Waals surface area contributed by atoms with Gasteiger partial charge in [0.25, 0.3) is 5.56 Å². The summed E-state index contributed by atoms with van der Waals surface area (Å²) in [5, 5.41) is 23.5. The van der Waals surface area contributed by atoms with Crippen LogP contribution < -0.4 is 11.2 Å². The minimum atomic E-state index is -1.68. The number of H-pyrrole nitrogens is 1. The Bertz CT molecular complexity index is 711. The number of aryl methyl sites for hydroxylation is 1. The highest BCUT2D eigenvalue weighted by molar-refractivity contribution is 14.1. The predicted molar refractivity (Wildman–Crippen MR) is 79.0 cm³/mol. The molecule has 0 aliphatic carbocycles. The topological polar surface area (TPSA) is 153 Å². The van der Waals surface area contributed by atoms with Crippen LogP contribution in [0.3, 0.4) is 0 Å². The number of rotatable bonds is 3. The summed E-state index contributed by atoms with van der Waals surface area (Å²) < 4.78 is 6.46. The molecular formula is C10H12IN5O5. The summed E-state index contributed by atoms with van der Waals surface area (Å²) in [6.07, 6.45) is -3.06. The number of aliphatic hydroxyl groups is 2. The maximum atomic E-state index is 11.8. The van der Waals surface area contributed by atoms with E-state index in [2.05, 4.69) is 15.0 Å². The van der Waals surface area contributed by atoms with Crippen molar-refractivity contribution in [1.29, 1.82) is 0 Å². The summed E-state index contributed by atoms with van der Waals surface area (Å²) in [6, 6.07) is 0. The Morgan fingerprint density at radius 1 is 1.62 bits per heavy atom. The number of nitrogens with one attached hydrogen (secondary N) is 1. The molecule has 0 bridgehead atoms. The van der Waals surface area contributed by atoms with Crippen LogP contribution in [0.4, 0.5) is 0 Å². The molecule has 2 heterocycles. The van der Waals surface area contributed by atoms with Crippen LogP contribution in [-0.4, -0.2) is 42.1 Å². The molecule has 0 saturated carbocycles. The van der Waals surface area contributed by atoms with Crippen LogP contribution in [0.5, 0.6) is 0 Å². The standard InChI is InChI=1S/C10H12IN5O5/c1-4-2-16(9(20)13-7(4)19)8-5(17)6(18)10(3-11,21-8)14-15-12/h2,5-6,8,17-18H,3H2,1H3,(H,13,19,20)/t5-,6+,8-,10-/m1/s1. The summed E-state index contributed by atoms with van der Waals surface area (Å²) in [7, 11) is 0. The Morgan fingerprint density at radius 3 is 2.86 bits per heavy atom. The van der Waals surface area contributed by atoms with Gasteiger partial charge in [0.2, 0.25) is 0 Å². The van der Waals surface area contributed by atoms with Gasteiger partial charge in [0, 0.05) is 21.1 Å². The zero-order valence-electron chi connectivity index (χ0n) is 10.8.